The van der Waals surface area contributed by atoms with Gasteiger partial charge in [-0.3, -0.25) is 4.90 Å². The first-order chi connectivity index (χ1) is 8.20. The van der Waals surface area contributed by atoms with E-state index in [-0.39, 0.29) is 5.75 Å². The molecule has 1 fully saturated rings. The van der Waals surface area contributed by atoms with E-state index in [0.29, 0.717) is 5.75 Å². The Labute approximate surface area is 110 Å². The van der Waals surface area contributed by atoms with Crippen LogP contribution in [0.4, 0.5) is 0 Å². The zero-order chi connectivity index (χ0) is 12.3. The van der Waals surface area contributed by atoms with Crippen LogP contribution >= 0.6 is 15.9 Å². The van der Waals surface area contributed by atoms with Gasteiger partial charge in [0.25, 0.3) is 0 Å². The molecule has 0 amide bonds. The maximum Gasteiger partial charge on any atom is 0.160 e. The smallest absolute Gasteiger partial charge is 0.160 e. The summed E-state index contributed by atoms with van der Waals surface area (Å²) in [6.45, 7) is 5.05. The van der Waals surface area contributed by atoms with Crippen LogP contribution in [0.15, 0.2) is 16.6 Å². The molecule has 0 atom stereocenters. The number of rotatable bonds is 3. The maximum absolute atomic E-state index is 9.64. The molecule has 0 aliphatic carbocycles. The molecule has 1 aliphatic rings. The molecule has 1 aromatic carbocycles. The van der Waals surface area contributed by atoms with Crippen molar-refractivity contribution in [2.45, 2.75) is 6.54 Å². The van der Waals surface area contributed by atoms with E-state index in [0.717, 1.165) is 42.8 Å². The zero-order valence-corrected chi connectivity index (χ0v) is 11.5. The van der Waals surface area contributed by atoms with Crippen LogP contribution in [0.3, 0.4) is 0 Å². The third-order valence-corrected chi connectivity index (χ3v) is 3.69. The van der Waals surface area contributed by atoms with Crippen molar-refractivity contribution in [1.29, 1.82) is 0 Å². The van der Waals surface area contributed by atoms with E-state index in [4.69, 9.17) is 4.74 Å². The van der Waals surface area contributed by atoms with Crippen molar-refractivity contribution in [2.24, 2.45) is 0 Å². The molecule has 1 saturated heterocycles. The minimum atomic E-state index is 0.170. The molecular weight excluding hydrogens is 284 g/mol. The van der Waals surface area contributed by atoms with Crippen LogP contribution in [0, 0.1) is 0 Å². The molecule has 2 rings (SSSR count). The number of nitrogens with zero attached hydrogens (tertiary/aromatic N) is 1. The minimum Gasteiger partial charge on any atom is -0.504 e. The van der Waals surface area contributed by atoms with Gasteiger partial charge in [-0.2, -0.15) is 0 Å². The Hall–Kier alpha value is -0.780. The summed E-state index contributed by atoms with van der Waals surface area (Å²) in [4.78, 5) is 2.38. The predicted octanol–water partition coefficient (Wildman–Crippen LogP) is 1.57. The van der Waals surface area contributed by atoms with Gasteiger partial charge in [-0.15, -0.1) is 0 Å². The third kappa shape index (κ3) is 3.12. The van der Waals surface area contributed by atoms with Crippen molar-refractivity contribution in [1.82, 2.24) is 10.2 Å². The number of aromatic hydroxyl groups is 1. The fraction of sp³-hybridized carbons (Fsp3) is 0.500. The number of nitrogens with one attached hydrogen (secondary N) is 1. The normalized spacial score (nSPS) is 17.1. The molecule has 4 nitrogen and oxygen atoms in total. The van der Waals surface area contributed by atoms with Gasteiger partial charge in [-0.25, -0.2) is 0 Å². The van der Waals surface area contributed by atoms with Gasteiger partial charge in [0.1, 0.15) is 0 Å². The van der Waals surface area contributed by atoms with Crippen LogP contribution in [0.5, 0.6) is 11.5 Å². The summed E-state index contributed by atoms with van der Waals surface area (Å²) < 4.78 is 6.05. The Morgan fingerprint density at radius 1 is 1.41 bits per heavy atom. The second kappa shape index (κ2) is 5.71. The fourth-order valence-electron chi connectivity index (χ4n) is 1.98. The van der Waals surface area contributed by atoms with Crippen molar-refractivity contribution < 1.29 is 9.84 Å². The number of benzene rings is 1. The van der Waals surface area contributed by atoms with Gasteiger partial charge in [0.05, 0.1) is 7.11 Å². The molecular formula is C12H17BrN2O2. The first kappa shape index (κ1) is 12.7. The predicted molar refractivity (Wildman–Crippen MR) is 70.5 cm³/mol. The van der Waals surface area contributed by atoms with Crippen LogP contribution in [0.1, 0.15) is 5.56 Å². The van der Waals surface area contributed by atoms with Crippen LogP contribution in [-0.2, 0) is 6.54 Å². The molecule has 5 heteroatoms. The molecule has 0 saturated carbocycles. The Kier molecular flexibility index (Phi) is 4.25. The van der Waals surface area contributed by atoms with E-state index in [1.165, 1.54) is 0 Å². The first-order valence-electron chi connectivity index (χ1n) is 5.69. The van der Waals surface area contributed by atoms with E-state index in [1.807, 2.05) is 6.07 Å². The van der Waals surface area contributed by atoms with Crippen LogP contribution < -0.4 is 10.1 Å². The van der Waals surface area contributed by atoms with E-state index in [1.54, 1.807) is 13.2 Å². The first-order valence-corrected chi connectivity index (χ1v) is 6.48. The summed E-state index contributed by atoms with van der Waals surface area (Å²) in [5, 5.41) is 13.0. The van der Waals surface area contributed by atoms with Crippen LogP contribution in [-0.4, -0.2) is 43.3 Å². The van der Waals surface area contributed by atoms with Gasteiger partial charge in [0, 0.05) is 37.2 Å². The van der Waals surface area contributed by atoms with E-state index >= 15 is 0 Å². The highest BCUT2D eigenvalue weighted by atomic mass is 79.9. The van der Waals surface area contributed by atoms with Gasteiger partial charge in [0.15, 0.2) is 11.5 Å². The largest absolute Gasteiger partial charge is 0.504 e. The molecule has 2 N–H and O–H groups in total. The molecule has 0 aromatic heterocycles. The molecule has 1 aliphatic heterocycles. The number of methoxy groups -OCH3 is 1. The minimum absolute atomic E-state index is 0.170. The molecule has 0 unspecified atom stereocenters. The number of halogens is 1. The summed E-state index contributed by atoms with van der Waals surface area (Å²) in [6.07, 6.45) is 0. The topological polar surface area (TPSA) is 44.7 Å². The molecule has 1 heterocycles. The average molecular weight is 301 g/mol. The number of hydrogen-bond donors (Lipinski definition) is 2. The molecule has 17 heavy (non-hydrogen) atoms. The highest BCUT2D eigenvalue weighted by Gasteiger charge is 2.14. The van der Waals surface area contributed by atoms with Gasteiger partial charge in [-0.05, 0) is 17.7 Å². The zero-order valence-electron chi connectivity index (χ0n) is 9.87. The number of piperazine rings is 1. The second-order valence-corrected chi connectivity index (χ2v) is 5.00. The van der Waals surface area contributed by atoms with Crippen molar-refractivity contribution in [3.8, 4) is 11.5 Å². The third-order valence-electron chi connectivity index (χ3n) is 2.95. The summed E-state index contributed by atoms with van der Waals surface area (Å²) >= 11 is 3.48. The highest BCUT2D eigenvalue weighted by molar-refractivity contribution is 9.10. The van der Waals surface area contributed by atoms with Gasteiger partial charge < -0.3 is 15.2 Å². The number of phenols is 1. The lowest BCUT2D eigenvalue weighted by Crippen LogP contribution is -2.42. The Balaban J connectivity index is 2.13. The lowest BCUT2D eigenvalue weighted by atomic mass is 10.1. The van der Waals surface area contributed by atoms with Crippen molar-refractivity contribution in [3.63, 3.8) is 0 Å². The molecule has 0 spiro atoms. The van der Waals surface area contributed by atoms with E-state index < -0.39 is 0 Å². The Morgan fingerprint density at radius 3 is 2.76 bits per heavy atom. The Morgan fingerprint density at radius 2 is 2.12 bits per heavy atom. The standard InChI is InChI=1S/C12H17BrN2O2/c1-17-12-6-9(10(13)7-11(12)16)8-15-4-2-14-3-5-15/h6-7,14,16H,2-5,8H2,1H3. The number of hydrogen-bond acceptors (Lipinski definition) is 4. The molecule has 0 bridgehead atoms. The lowest BCUT2D eigenvalue weighted by molar-refractivity contribution is 0.232. The van der Waals surface area contributed by atoms with Gasteiger partial charge >= 0.3 is 0 Å². The fourth-order valence-corrected chi connectivity index (χ4v) is 2.44. The average Bonchev–Trinajstić information content (AvgIpc) is 2.34. The highest BCUT2D eigenvalue weighted by Crippen LogP contribution is 2.32. The maximum atomic E-state index is 9.64. The summed E-state index contributed by atoms with van der Waals surface area (Å²) in [5.41, 5.74) is 1.14. The summed E-state index contributed by atoms with van der Waals surface area (Å²) in [7, 11) is 1.57. The van der Waals surface area contributed by atoms with Crippen molar-refractivity contribution in [2.75, 3.05) is 33.3 Å². The lowest BCUT2D eigenvalue weighted by Gasteiger charge is -2.27. The van der Waals surface area contributed by atoms with E-state index in [9.17, 15) is 5.11 Å². The number of phenolic OH excluding ortho intramolecular Hbond substituents is 1. The van der Waals surface area contributed by atoms with Crippen molar-refractivity contribution in [3.05, 3.63) is 22.2 Å². The molecule has 94 valence electrons. The van der Waals surface area contributed by atoms with Gasteiger partial charge in [0.2, 0.25) is 0 Å². The summed E-state index contributed by atoms with van der Waals surface area (Å²) in [6, 6.07) is 3.58. The van der Waals surface area contributed by atoms with Crippen LogP contribution in [0.25, 0.3) is 0 Å². The second-order valence-electron chi connectivity index (χ2n) is 4.14. The SMILES string of the molecule is COc1cc(CN2CCNCC2)c(Br)cc1O. The van der Waals surface area contributed by atoms with Crippen LogP contribution in [0.2, 0.25) is 0 Å². The van der Waals surface area contributed by atoms with Gasteiger partial charge in [-0.1, -0.05) is 15.9 Å². The molecule has 0 radical (unpaired) electrons. The van der Waals surface area contributed by atoms with E-state index in [2.05, 4.69) is 26.1 Å². The quantitative estimate of drug-likeness (QED) is 0.889. The molecule has 1 aromatic rings. The number of ether oxygens (including phenoxy) is 1. The summed E-state index contributed by atoms with van der Waals surface area (Å²) in [5.74, 6) is 0.696. The Bertz CT molecular complexity index is 392. The monoisotopic (exact) mass is 300 g/mol. The van der Waals surface area contributed by atoms with Crippen molar-refractivity contribution >= 4 is 15.9 Å².